The van der Waals surface area contributed by atoms with Crippen molar-refractivity contribution in [3.63, 3.8) is 0 Å². The van der Waals surface area contributed by atoms with Crippen LogP contribution in [0.25, 0.3) is 10.8 Å². The average Bonchev–Trinajstić information content (AvgIpc) is 2.99. The largest absolute Gasteiger partial charge is 0.494 e. The summed E-state index contributed by atoms with van der Waals surface area (Å²) in [6.45, 7) is 4.23. The maximum Gasteiger partial charge on any atom is 0.119 e. The molecule has 0 amide bonds. The van der Waals surface area contributed by atoms with E-state index < -0.39 is 0 Å². The van der Waals surface area contributed by atoms with Gasteiger partial charge >= 0.3 is 0 Å². The second-order valence-corrected chi connectivity index (χ2v) is 6.13. The highest BCUT2D eigenvalue weighted by Crippen LogP contribution is 2.21. The highest BCUT2D eigenvalue weighted by atomic mass is 35.5. The minimum absolute atomic E-state index is 0.688. The van der Waals surface area contributed by atoms with E-state index in [0.717, 1.165) is 37.7 Å². The number of hydrogen-bond donors (Lipinski definition) is 0. The first-order valence-corrected chi connectivity index (χ1v) is 8.28. The molecule has 1 aliphatic rings. The van der Waals surface area contributed by atoms with Crippen LogP contribution < -0.4 is 4.74 Å². The van der Waals surface area contributed by atoms with Gasteiger partial charge in [-0.05, 0) is 48.2 Å². The molecule has 3 heteroatoms. The Bertz CT molecular complexity index is 586. The molecule has 0 aromatic heterocycles. The quantitative estimate of drug-likeness (QED) is 0.586. The molecule has 1 saturated heterocycles. The normalized spacial score (nSPS) is 19.2. The smallest absolute Gasteiger partial charge is 0.119 e. The van der Waals surface area contributed by atoms with Gasteiger partial charge < -0.3 is 9.64 Å². The highest BCUT2D eigenvalue weighted by Gasteiger charge is 2.20. The Hall–Kier alpha value is -1.25. The fourth-order valence-corrected chi connectivity index (χ4v) is 3.23. The zero-order chi connectivity index (χ0) is 14.5. The summed E-state index contributed by atoms with van der Waals surface area (Å²) in [5.74, 6) is 2.45. The van der Waals surface area contributed by atoms with Gasteiger partial charge in [0.2, 0.25) is 0 Å². The third-order valence-corrected chi connectivity index (χ3v) is 4.63. The molecule has 1 fully saturated rings. The van der Waals surface area contributed by atoms with Gasteiger partial charge in [-0.25, -0.2) is 0 Å². The van der Waals surface area contributed by atoms with Crippen LogP contribution in [0.15, 0.2) is 42.5 Å². The lowest BCUT2D eigenvalue weighted by molar-refractivity contribution is 0.260. The molecule has 1 heterocycles. The molecule has 0 N–H and O–H groups in total. The molecule has 2 nitrogen and oxygen atoms in total. The summed E-state index contributed by atoms with van der Waals surface area (Å²) in [5, 5.41) is 2.49. The molecule has 1 atom stereocenters. The van der Waals surface area contributed by atoms with Crippen LogP contribution in [0, 0.1) is 5.92 Å². The predicted octanol–water partition coefficient (Wildman–Crippen LogP) is 4.17. The van der Waals surface area contributed by atoms with E-state index in [9.17, 15) is 0 Å². The van der Waals surface area contributed by atoms with Crippen LogP contribution in [0.2, 0.25) is 0 Å². The number of alkyl halides is 1. The van der Waals surface area contributed by atoms with E-state index in [1.54, 1.807) is 0 Å². The van der Waals surface area contributed by atoms with Crippen LogP contribution in [0.3, 0.4) is 0 Å². The molecule has 1 aliphatic heterocycles. The predicted molar refractivity (Wildman–Crippen MR) is 89.3 cm³/mol. The average molecular weight is 304 g/mol. The third kappa shape index (κ3) is 3.90. The topological polar surface area (TPSA) is 12.5 Å². The molecular weight excluding hydrogens is 282 g/mol. The molecule has 0 spiro atoms. The molecule has 0 bridgehead atoms. The summed E-state index contributed by atoms with van der Waals surface area (Å²) in [7, 11) is 0. The van der Waals surface area contributed by atoms with Crippen molar-refractivity contribution in [1.82, 2.24) is 4.90 Å². The molecule has 0 aliphatic carbocycles. The maximum atomic E-state index is 5.91. The monoisotopic (exact) mass is 303 g/mol. The van der Waals surface area contributed by atoms with Crippen molar-refractivity contribution in [2.45, 2.75) is 12.8 Å². The van der Waals surface area contributed by atoms with Crippen molar-refractivity contribution < 1.29 is 4.74 Å². The first kappa shape index (κ1) is 14.7. The summed E-state index contributed by atoms with van der Waals surface area (Å²) < 4.78 is 5.87. The van der Waals surface area contributed by atoms with Crippen LogP contribution in [0.5, 0.6) is 5.75 Å². The Kier molecular flexibility index (Phi) is 5.00. The van der Waals surface area contributed by atoms with Gasteiger partial charge in [0.1, 0.15) is 5.75 Å². The number of hydrogen-bond acceptors (Lipinski definition) is 2. The summed E-state index contributed by atoms with van der Waals surface area (Å²) in [4.78, 5) is 2.50. The van der Waals surface area contributed by atoms with Gasteiger partial charge in [0, 0.05) is 19.0 Å². The number of likely N-dealkylation sites (tertiary alicyclic amines) is 1. The third-order valence-electron chi connectivity index (χ3n) is 4.20. The fraction of sp³-hybridized carbons (Fsp3) is 0.444. The van der Waals surface area contributed by atoms with Crippen LogP contribution in [0.1, 0.15) is 12.8 Å². The number of benzene rings is 2. The lowest BCUT2D eigenvalue weighted by Gasteiger charge is -2.15. The molecule has 112 valence electrons. The van der Waals surface area contributed by atoms with Crippen LogP contribution in [-0.4, -0.2) is 37.0 Å². The van der Waals surface area contributed by atoms with Gasteiger partial charge in [-0.2, -0.15) is 0 Å². The fourth-order valence-electron chi connectivity index (χ4n) is 2.98. The summed E-state index contributed by atoms with van der Waals surface area (Å²) in [5.41, 5.74) is 0. The zero-order valence-electron chi connectivity index (χ0n) is 12.3. The van der Waals surface area contributed by atoms with Crippen molar-refractivity contribution in [3.8, 4) is 5.75 Å². The number of halogens is 1. The van der Waals surface area contributed by atoms with E-state index in [0.29, 0.717) is 5.92 Å². The number of ether oxygens (including phenoxy) is 1. The summed E-state index contributed by atoms with van der Waals surface area (Å²) in [6.07, 6.45) is 2.32. The Morgan fingerprint density at radius 2 is 2.00 bits per heavy atom. The number of fused-ring (bicyclic) bond motifs is 1. The van der Waals surface area contributed by atoms with Gasteiger partial charge in [0.25, 0.3) is 0 Å². The Labute approximate surface area is 131 Å². The molecular formula is C18H22ClNO. The van der Waals surface area contributed by atoms with Crippen LogP contribution in [0.4, 0.5) is 0 Å². The van der Waals surface area contributed by atoms with Crippen molar-refractivity contribution >= 4 is 22.4 Å². The van der Waals surface area contributed by atoms with Crippen molar-refractivity contribution in [2.75, 3.05) is 32.1 Å². The second-order valence-electron chi connectivity index (χ2n) is 5.82. The number of rotatable bonds is 6. The number of nitrogens with zero attached hydrogens (tertiary/aromatic N) is 1. The highest BCUT2D eigenvalue weighted by molar-refractivity contribution is 6.18. The minimum Gasteiger partial charge on any atom is -0.494 e. The Morgan fingerprint density at radius 3 is 2.81 bits per heavy atom. The van der Waals surface area contributed by atoms with E-state index >= 15 is 0 Å². The zero-order valence-corrected chi connectivity index (χ0v) is 13.1. The van der Waals surface area contributed by atoms with E-state index in [2.05, 4.69) is 47.4 Å². The lowest BCUT2D eigenvalue weighted by atomic mass is 10.1. The van der Waals surface area contributed by atoms with E-state index in [4.69, 9.17) is 16.3 Å². The van der Waals surface area contributed by atoms with E-state index in [1.807, 2.05) is 0 Å². The van der Waals surface area contributed by atoms with Crippen LogP contribution >= 0.6 is 11.6 Å². The van der Waals surface area contributed by atoms with Crippen molar-refractivity contribution in [1.29, 1.82) is 0 Å². The first-order valence-electron chi connectivity index (χ1n) is 7.75. The Morgan fingerprint density at radius 1 is 1.14 bits per heavy atom. The van der Waals surface area contributed by atoms with E-state index in [1.165, 1.54) is 23.7 Å². The van der Waals surface area contributed by atoms with Crippen molar-refractivity contribution in [3.05, 3.63) is 42.5 Å². The van der Waals surface area contributed by atoms with Gasteiger partial charge in [0.05, 0.1) is 6.61 Å². The van der Waals surface area contributed by atoms with Gasteiger partial charge in [-0.3, -0.25) is 0 Å². The second kappa shape index (κ2) is 7.15. The van der Waals surface area contributed by atoms with E-state index in [-0.39, 0.29) is 0 Å². The molecule has 0 radical (unpaired) electrons. The summed E-state index contributed by atoms with van der Waals surface area (Å²) in [6, 6.07) is 14.7. The van der Waals surface area contributed by atoms with Crippen LogP contribution in [-0.2, 0) is 0 Å². The first-order chi connectivity index (χ1) is 10.3. The molecule has 2 aromatic carbocycles. The minimum atomic E-state index is 0.688. The van der Waals surface area contributed by atoms with Gasteiger partial charge in [-0.1, -0.05) is 30.3 Å². The van der Waals surface area contributed by atoms with Gasteiger partial charge in [-0.15, -0.1) is 11.6 Å². The standard InChI is InChI=1S/C18H22ClNO/c19-13-15-8-10-20(14-15)9-3-11-21-18-7-6-16-4-1-2-5-17(16)12-18/h1-2,4-7,12,15H,3,8-11,13-14H2. The Balaban J connectivity index is 1.44. The molecule has 0 saturated carbocycles. The SMILES string of the molecule is ClCC1CCN(CCCOc2ccc3ccccc3c2)C1. The van der Waals surface area contributed by atoms with Gasteiger partial charge in [0.15, 0.2) is 0 Å². The molecule has 3 rings (SSSR count). The molecule has 1 unspecified atom stereocenters. The lowest BCUT2D eigenvalue weighted by Crippen LogP contribution is -2.23. The molecule has 21 heavy (non-hydrogen) atoms. The van der Waals surface area contributed by atoms with Crippen molar-refractivity contribution in [2.24, 2.45) is 5.92 Å². The summed E-state index contributed by atoms with van der Waals surface area (Å²) >= 11 is 5.91. The maximum absolute atomic E-state index is 5.91. The molecule has 2 aromatic rings.